The normalized spacial score (nSPS) is 24.8. The number of aliphatic hydroxyl groups excluding tert-OH is 3. The fraction of sp³-hybridized carbons (Fsp3) is 0.409. The van der Waals surface area contributed by atoms with Gasteiger partial charge in [-0.25, -0.2) is 0 Å². The SMILES string of the molecule is COc1cc([C@@H]2c3cc4c(cc3[C@H](O)[C@@H](CO)[C@@H]2C(=O)O)OCO4)cc(OC)c1OC.COc1cc([C@@H]2c3cc4c(cc3[C@H](O)[C@H]3COC(=O)[C@H]23)OCO4)cc(OC)c1OC. The number of hydrogen-bond acceptors (Lipinski definition) is 16. The Morgan fingerprint density at radius 2 is 1.00 bits per heavy atom. The van der Waals surface area contributed by atoms with Crippen LogP contribution in [0.2, 0.25) is 0 Å². The van der Waals surface area contributed by atoms with Gasteiger partial charge in [0.25, 0.3) is 0 Å². The van der Waals surface area contributed by atoms with E-state index in [1.165, 1.54) is 28.4 Å². The van der Waals surface area contributed by atoms with Crippen molar-refractivity contribution < 1.29 is 82.1 Å². The van der Waals surface area contributed by atoms with E-state index in [-0.39, 0.29) is 38.0 Å². The molecule has 324 valence electrons. The van der Waals surface area contributed by atoms with E-state index in [9.17, 15) is 30.0 Å². The lowest BCUT2D eigenvalue weighted by Crippen LogP contribution is -2.40. The topological polar surface area (TPSA) is 217 Å². The number of cyclic esters (lactones) is 1. The van der Waals surface area contributed by atoms with Gasteiger partial charge in [-0.15, -0.1) is 0 Å². The van der Waals surface area contributed by atoms with Crippen molar-refractivity contribution in [3.05, 3.63) is 81.9 Å². The van der Waals surface area contributed by atoms with Crippen LogP contribution in [0.5, 0.6) is 57.5 Å². The number of aliphatic hydroxyl groups is 3. The number of fused-ring (bicyclic) bond motifs is 5. The minimum absolute atomic E-state index is 0.0367. The molecule has 3 aliphatic heterocycles. The second-order valence-corrected chi connectivity index (χ2v) is 15.0. The van der Waals surface area contributed by atoms with E-state index in [4.69, 9.17) is 52.1 Å². The van der Waals surface area contributed by atoms with Crippen molar-refractivity contribution in [3.63, 3.8) is 0 Å². The number of carboxylic acids is 1. The molecule has 0 bridgehead atoms. The summed E-state index contributed by atoms with van der Waals surface area (Å²) in [5.74, 6) is -0.877. The third-order valence-corrected chi connectivity index (χ3v) is 12.2. The average molecular weight is 847 g/mol. The van der Waals surface area contributed by atoms with Crippen molar-refractivity contribution in [3.8, 4) is 57.5 Å². The summed E-state index contributed by atoms with van der Waals surface area (Å²) in [6, 6.07) is 14.0. The third kappa shape index (κ3) is 6.86. The molecule has 0 aromatic heterocycles. The molecule has 3 heterocycles. The number of carbonyl (C=O) groups is 2. The minimum Gasteiger partial charge on any atom is -0.493 e. The van der Waals surface area contributed by atoms with Crippen LogP contribution in [-0.2, 0) is 14.3 Å². The first-order chi connectivity index (χ1) is 29.5. The standard InChI is InChI=1S/C22H24O9.C22H22O8/c1-27-16-4-10(5-17(28-2)21(16)29-3)18-11-6-14-15(31-9-30-14)7-12(11)20(24)13(8-23)19(18)22(25)26;1-25-16-4-10(5-17(26-2)21(16)27-3)18-11-6-14-15(30-9-29-14)7-12(11)20(23)13-8-28-22(24)19(13)18/h4-7,13,18-20,23-24H,8-9H2,1-3H3,(H,25,26);4-7,13,18-20,23H,8-9H2,1-3H3/t2*13-,18+,19-,20-/m00/s1. The van der Waals surface area contributed by atoms with Crippen LogP contribution < -0.4 is 47.4 Å². The van der Waals surface area contributed by atoms with Gasteiger partial charge >= 0.3 is 11.9 Å². The third-order valence-electron chi connectivity index (χ3n) is 12.2. The molecule has 0 radical (unpaired) electrons. The summed E-state index contributed by atoms with van der Waals surface area (Å²) in [6.45, 7) is -0.181. The highest BCUT2D eigenvalue weighted by Crippen LogP contribution is 2.56. The Hall–Kier alpha value is -6.30. The highest BCUT2D eigenvalue weighted by atomic mass is 16.7. The minimum atomic E-state index is -1.19. The first-order valence-electron chi connectivity index (χ1n) is 19.3. The lowest BCUT2D eigenvalue weighted by atomic mass is 9.65. The van der Waals surface area contributed by atoms with Gasteiger partial charge in [0.15, 0.2) is 46.0 Å². The Labute approximate surface area is 350 Å². The van der Waals surface area contributed by atoms with Gasteiger partial charge < -0.3 is 72.5 Å². The lowest BCUT2D eigenvalue weighted by molar-refractivity contribution is -0.148. The Morgan fingerprint density at radius 3 is 1.41 bits per heavy atom. The van der Waals surface area contributed by atoms with Gasteiger partial charge in [-0.1, -0.05) is 0 Å². The molecule has 1 fully saturated rings. The van der Waals surface area contributed by atoms with E-state index < -0.39 is 48.5 Å². The van der Waals surface area contributed by atoms with Gasteiger partial charge in [0.05, 0.1) is 73.3 Å². The van der Waals surface area contributed by atoms with Crippen molar-refractivity contribution in [2.75, 3.05) is 69.5 Å². The largest absolute Gasteiger partial charge is 0.493 e. The number of benzene rings is 4. The highest BCUT2D eigenvalue weighted by Gasteiger charge is 2.53. The van der Waals surface area contributed by atoms with Crippen LogP contribution in [0.1, 0.15) is 57.4 Å². The van der Waals surface area contributed by atoms with Crippen LogP contribution >= 0.6 is 0 Å². The molecular weight excluding hydrogens is 800 g/mol. The van der Waals surface area contributed by atoms with E-state index in [1.807, 2.05) is 18.2 Å². The monoisotopic (exact) mass is 846 g/mol. The smallest absolute Gasteiger partial charge is 0.310 e. The highest BCUT2D eigenvalue weighted by molar-refractivity contribution is 5.79. The second-order valence-electron chi connectivity index (χ2n) is 15.0. The number of aliphatic carboxylic acids is 1. The van der Waals surface area contributed by atoms with Crippen LogP contribution in [0.15, 0.2) is 48.5 Å². The number of esters is 1. The van der Waals surface area contributed by atoms with E-state index in [1.54, 1.807) is 44.6 Å². The Balaban J connectivity index is 0.000000168. The van der Waals surface area contributed by atoms with Crippen LogP contribution in [0.4, 0.5) is 0 Å². The molecule has 0 unspecified atom stereocenters. The Kier molecular flexibility index (Phi) is 11.3. The molecular formula is C44H46O17. The number of rotatable bonds is 10. The summed E-state index contributed by atoms with van der Waals surface area (Å²) in [4.78, 5) is 25.1. The second kappa shape index (κ2) is 16.6. The predicted octanol–water partition coefficient (Wildman–Crippen LogP) is 4.34. The number of carbonyl (C=O) groups excluding carboxylic acids is 1. The molecule has 17 heteroatoms. The number of ether oxygens (including phenoxy) is 11. The van der Waals surface area contributed by atoms with Crippen LogP contribution in [0.3, 0.4) is 0 Å². The van der Waals surface area contributed by atoms with Gasteiger partial charge in [-0.05, 0) is 81.9 Å². The maximum atomic E-state index is 12.7. The maximum Gasteiger partial charge on any atom is 0.310 e. The molecule has 17 nitrogen and oxygen atoms in total. The zero-order valence-electron chi connectivity index (χ0n) is 34.2. The van der Waals surface area contributed by atoms with Crippen molar-refractivity contribution in [1.82, 2.24) is 0 Å². The molecule has 0 amide bonds. The van der Waals surface area contributed by atoms with Crippen molar-refractivity contribution in [1.29, 1.82) is 0 Å². The van der Waals surface area contributed by atoms with E-state index in [0.717, 1.165) is 11.1 Å². The van der Waals surface area contributed by atoms with Gasteiger partial charge in [0.1, 0.15) is 0 Å². The molecule has 2 aliphatic carbocycles. The number of hydrogen-bond donors (Lipinski definition) is 4. The van der Waals surface area contributed by atoms with Crippen molar-refractivity contribution >= 4 is 11.9 Å². The molecule has 0 spiro atoms. The Bertz CT molecular complexity index is 2290. The summed E-state index contributed by atoms with van der Waals surface area (Å²) >= 11 is 0. The molecule has 4 N–H and O–H groups in total. The molecule has 61 heavy (non-hydrogen) atoms. The van der Waals surface area contributed by atoms with E-state index in [2.05, 4.69) is 0 Å². The maximum absolute atomic E-state index is 12.7. The fourth-order valence-corrected chi connectivity index (χ4v) is 9.39. The molecule has 4 aromatic carbocycles. The van der Waals surface area contributed by atoms with E-state index in [0.29, 0.717) is 79.7 Å². The van der Waals surface area contributed by atoms with E-state index >= 15 is 0 Å². The van der Waals surface area contributed by atoms with Crippen LogP contribution in [-0.4, -0.2) is 102 Å². The molecule has 4 aromatic rings. The molecule has 1 saturated heterocycles. The molecule has 9 rings (SSSR count). The number of carboxylic acid groups (broad SMARTS) is 1. The lowest BCUT2D eigenvalue weighted by Gasteiger charge is -2.40. The first kappa shape index (κ1) is 41.4. The Morgan fingerprint density at radius 1 is 0.590 bits per heavy atom. The summed E-state index contributed by atoms with van der Waals surface area (Å²) in [5.41, 5.74) is 3.93. The molecule has 8 atom stereocenters. The van der Waals surface area contributed by atoms with Crippen LogP contribution in [0.25, 0.3) is 0 Å². The average Bonchev–Trinajstić information content (AvgIpc) is 4.04. The number of methoxy groups -OCH3 is 6. The first-order valence-corrected chi connectivity index (χ1v) is 19.3. The van der Waals surface area contributed by atoms with Gasteiger partial charge in [-0.2, -0.15) is 0 Å². The van der Waals surface area contributed by atoms with Gasteiger partial charge in [-0.3, -0.25) is 9.59 Å². The fourth-order valence-electron chi connectivity index (χ4n) is 9.39. The van der Waals surface area contributed by atoms with Crippen LogP contribution in [0, 0.1) is 23.7 Å². The summed E-state index contributed by atoms with van der Waals surface area (Å²) in [7, 11) is 9.06. The summed E-state index contributed by atoms with van der Waals surface area (Å²) in [5, 5.41) is 42.1. The van der Waals surface area contributed by atoms with Gasteiger partial charge in [0, 0.05) is 30.3 Å². The predicted molar refractivity (Wildman–Crippen MR) is 211 cm³/mol. The van der Waals surface area contributed by atoms with Crippen molar-refractivity contribution in [2.24, 2.45) is 23.7 Å². The zero-order valence-corrected chi connectivity index (χ0v) is 34.2. The molecule has 0 saturated carbocycles. The summed E-state index contributed by atoms with van der Waals surface area (Å²) in [6.07, 6.45) is -2.03. The zero-order chi connectivity index (χ0) is 43.3. The summed E-state index contributed by atoms with van der Waals surface area (Å²) < 4.78 is 60.1. The van der Waals surface area contributed by atoms with Crippen molar-refractivity contribution in [2.45, 2.75) is 24.0 Å². The molecule has 5 aliphatic rings. The van der Waals surface area contributed by atoms with Gasteiger partial charge in [0.2, 0.25) is 25.1 Å². The quantitative estimate of drug-likeness (QED) is 0.163.